The topological polar surface area (TPSA) is 80.8 Å². The first kappa shape index (κ1) is 27.7. The number of rotatable bonds is 9. The van der Waals surface area contributed by atoms with Crippen molar-refractivity contribution in [3.8, 4) is 0 Å². The molecule has 0 spiro atoms. The second-order valence-electron chi connectivity index (χ2n) is 11.0. The zero-order valence-electron chi connectivity index (χ0n) is 22.5. The summed E-state index contributed by atoms with van der Waals surface area (Å²) < 4.78 is 5.32. The van der Waals surface area contributed by atoms with Crippen LogP contribution in [0.3, 0.4) is 0 Å². The predicted octanol–water partition coefficient (Wildman–Crippen LogP) is 5.95. The van der Waals surface area contributed by atoms with Crippen LogP contribution in [0.25, 0.3) is 0 Å². The van der Waals surface area contributed by atoms with Crippen LogP contribution in [0, 0.1) is 11.8 Å². The monoisotopic (exact) mass is 589 g/mol. The third kappa shape index (κ3) is 4.14. The Bertz CT molecular complexity index is 1430. The van der Waals surface area contributed by atoms with Crippen molar-refractivity contribution in [3.05, 3.63) is 107 Å². The van der Waals surface area contributed by atoms with Crippen molar-refractivity contribution in [1.82, 2.24) is 4.90 Å². The van der Waals surface area contributed by atoms with Gasteiger partial charge in [0.2, 0.25) is 17.6 Å². The number of Topliss-reactive ketones (excluding diaryl/α,β-unsaturated/α-hetero) is 1. The fourth-order valence-electron chi connectivity index (χ4n) is 6.81. The lowest BCUT2D eigenvalue weighted by Crippen LogP contribution is -2.57. The predicted molar refractivity (Wildman–Crippen MR) is 155 cm³/mol. The fraction of sp³-hybridized carbons (Fsp3) is 0.333. The van der Waals surface area contributed by atoms with Crippen LogP contribution in [-0.4, -0.2) is 41.1 Å². The van der Waals surface area contributed by atoms with Gasteiger partial charge in [0.25, 0.3) is 0 Å². The van der Waals surface area contributed by atoms with Crippen LogP contribution in [0.1, 0.15) is 65.2 Å². The first-order valence-corrected chi connectivity index (χ1v) is 14.7. The molecule has 0 radical (unpaired) electrons. The Balaban J connectivity index is 1.10. The van der Waals surface area contributed by atoms with E-state index >= 15 is 0 Å². The summed E-state index contributed by atoms with van der Waals surface area (Å²) in [7, 11) is 0. The molecular weight excluding hydrogens is 561 g/mol. The molecule has 3 atom stereocenters. The van der Waals surface area contributed by atoms with Gasteiger partial charge in [-0.2, -0.15) is 0 Å². The second-order valence-corrected chi connectivity index (χ2v) is 12.2. The molecule has 7 rings (SSSR count). The first-order valence-electron chi connectivity index (χ1n) is 13.9. The summed E-state index contributed by atoms with van der Waals surface area (Å²) in [5.74, 6) is -2.94. The van der Waals surface area contributed by atoms with Gasteiger partial charge in [-0.1, -0.05) is 85.3 Å². The van der Waals surface area contributed by atoms with Crippen LogP contribution in [0.2, 0.25) is 0 Å². The van der Waals surface area contributed by atoms with Crippen molar-refractivity contribution in [2.24, 2.45) is 11.8 Å². The van der Waals surface area contributed by atoms with Gasteiger partial charge in [0, 0.05) is 18.5 Å². The first-order chi connectivity index (χ1) is 19.7. The average molecular weight is 591 g/mol. The van der Waals surface area contributed by atoms with E-state index in [0.29, 0.717) is 24.8 Å². The van der Waals surface area contributed by atoms with Crippen molar-refractivity contribution >= 4 is 46.8 Å². The number of benzene rings is 3. The summed E-state index contributed by atoms with van der Waals surface area (Å²) in [6.45, 7) is 1.78. The number of esters is 1. The molecule has 1 saturated heterocycles. The third-order valence-corrected chi connectivity index (χ3v) is 9.96. The van der Waals surface area contributed by atoms with Crippen molar-refractivity contribution in [1.29, 1.82) is 0 Å². The molecular formula is C33H29Cl2NO5. The molecule has 0 aromatic heterocycles. The number of unbranched alkanes of at least 4 members (excludes halogenated alkanes) is 2. The summed E-state index contributed by atoms with van der Waals surface area (Å²) in [4.78, 5) is 51.4. The number of carbonyl (C=O) groups is 4. The minimum Gasteiger partial charge on any atom is -0.454 e. The van der Waals surface area contributed by atoms with Crippen LogP contribution >= 0.6 is 23.2 Å². The van der Waals surface area contributed by atoms with E-state index in [0.717, 1.165) is 22.3 Å². The van der Waals surface area contributed by atoms with Crippen molar-refractivity contribution < 1.29 is 23.9 Å². The molecule has 1 fully saturated rings. The number of hydrogen-bond donors (Lipinski definition) is 0. The van der Waals surface area contributed by atoms with Crippen LogP contribution in [0.4, 0.5) is 0 Å². The van der Waals surface area contributed by atoms with Gasteiger partial charge in [0.15, 0.2) is 6.10 Å². The number of hydrogen-bond acceptors (Lipinski definition) is 5. The highest BCUT2D eigenvalue weighted by atomic mass is 35.5. The van der Waals surface area contributed by atoms with Gasteiger partial charge in [-0.05, 0) is 42.0 Å². The van der Waals surface area contributed by atoms with Gasteiger partial charge >= 0.3 is 5.97 Å². The van der Waals surface area contributed by atoms with E-state index in [1.54, 1.807) is 31.2 Å². The van der Waals surface area contributed by atoms with Gasteiger partial charge in [0.05, 0.1) is 11.8 Å². The number of halogens is 2. The lowest BCUT2D eigenvalue weighted by Gasteiger charge is -2.54. The highest BCUT2D eigenvalue weighted by Gasteiger charge is 2.72. The largest absolute Gasteiger partial charge is 0.454 e. The third-order valence-electron chi connectivity index (χ3n) is 8.67. The van der Waals surface area contributed by atoms with Crippen molar-refractivity contribution in [2.45, 2.75) is 48.5 Å². The highest BCUT2D eigenvalue weighted by molar-refractivity contribution is 6.36. The molecule has 210 valence electrons. The average Bonchev–Trinajstić information content (AvgIpc) is 3.25. The molecule has 0 unspecified atom stereocenters. The molecule has 6 nitrogen and oxygen atoms in total. The van der Waals surface area contributed by atoms with Crippen LogP contribution in [0.5, 0.6) is 0 Å². The Hall–Kier alpha value is -3.48. The van der Waals surface area contributed by atoms with Crippen LogP contribution < -0.4 is 0 Å². The zero-order valence-corrected chi connectivity index (χ0v) is 24.0. The number of carbonyl (C=O) groups excluding carboxylic acids is 4. The van der Waals surface area contributed by atoms with E-state index in [1.807, 2.05) is 54.6 Å². The molecule has 0 N–H and O–H groups in total. The Morgan fingerprint density at radius 1 is 0.756 bits per heavy atom. The van der Waals surface area contributed by atoms with E-state index in [4.69, 9.17) is 27.9 Å². The van der Waals surface area contributed by atoms with Gasteiger partial charge in [0.1, 0.15) is 9.75 Å². The number of likely N-dealkylation sites (tertiary alicyclic amines) is 1. The minimum absolute atomic E-state index is 0.139. The van der Waals surface area contributed by atoms with Crippen molar-refractivity contribution in [3.63, 3.8) is 0 Å². The molecule has 3 aromatic carbocycles. The van der Waals surface area contributed by atoms with Gasteiger partial charge in [-0.25, -0.2) is 0 Å². The molecule has 3 aliphatic carbocycles. The maximum atomic E-state index is 13.8. The quantitative estimate of drug-likeness (QED) is 0.101. The van der Waals surface area contributed by atoms with Gasteiger partial charge in [-0.3, -0.25) is 24.1 Å². The highest BCUT2D eigenvalue weighted by Crippen LogP contribution is 2.69. The SMILES string of the molecule is C[C@H](OC(=O)CCCCCN1C(=O)[C@@H]2[C@H](C1=O)C1(Cl)c3ccccc3C2(Cl)c2ccccc21)C(=O)c1ccccc1. The van der Waals surface area contributed by atoms with E-state index < -0.39 is 33.7 Å². The summed E-state index contributed by atoms with van der Waals surface area (Å²) in [5, 5.41) is 0. The summed E-state index contributed by atoms with van der Waals surface area (Å²) in [6, 6.07) is 23.8. The lowest BCUT2D eigenvalue weighted by atomic mass is 9.54. The molecule has 2 amide bonds. The second kappa shape index (κ2) is 10.4. The number of ketones is 1. The molecule has 41 heavy (non-hydrogen) atoms. The van der Waals surface area contributed by atoms with E-state index in [-0.39, 0.29) is 30.6 Å². The molecule has 8 heteroatoms. The molecule has 3 aromatic rings. The van der Waals surface area contributed by atoms with E-state index in [1.165, 1.54) is 4.90 Å². The fourth-order valence-corrected chi connectivity index (χ4v) is 7.91. The Labute approximate surface area is 248 Å². The molecule has 1 heterocycles. The number of alkyl halides is 2. The molecule has 2 bridgehead atoms. The number of ether oxygens (including phenoxy) is 1. The number of amides is 2. The molecule has 1 aliphatic heterocycles. The summed E-state index contributed by atoms with van der Waals surface area (Å²) in [5.41, 5.74) is 3.60. The normalized spacial score (nSPS) is 26.3. The lowest BCUT2D eigenvalue weighted by molar-refractivity contribution is -0.146. The Morgan fingerprint density at radius 3 is 1.71 bits per heavy atom. The smallest absolute Gasteiger partial charge is 0.306 e. The maximum absolute atomic E-state index is 13.8. The number of imide groups is 1. The summed E-state index contributed by atoms with van der Waals surface area (Å²) in [6.07, 6.45) is 0.889. The summed E-state index contributed by atoms with van der Waals surface area (Å²) >= 11 is 14.9. The Morgan fingerprint density at radius 2 is 1.22 bits per heavy atom. The van der Waals surface area contributed by atoms with E-state index in [9.17, 15) is 19.2 Å². The maximum Gasteiger partial charge on any atom is 0.306 e. The van der Waals surface area contributed by atoms with Crippen LogP contribution in [-0.2, 0) is 28.9 Å². The number of nitrogens with zero attached hydrogens (tertiary/aromatic N) is 1. The zero-order chi connectivity index (χ0) is 28.9. The standard InChI is InChI=1S/C33H29Cl2NO5/c1-20(29(38)21-12-4-2-5-13-21)41-26(37)18-6-3-11-19-36-30(39)27-28(31(36)40)33(35)23-15-8-7-14-22(23)32(27,34)24-16-9-10-17-25(24)33/h2,4-5,7-10,12-17,20,27-28H,3,6,11,18-19H2,1H3/t20-,27-,28+,32?,33?/m0/s1. The van der Waals surface area contributed by atoms with Crippen LogP contribution in [0.15, 0.2) is 78.9 Å². The minimum atomic E-state index is -1.19. The van der Waals surface area contributed by atoms with Gasteiger partial charge in [-0.15, -0.1) is 23.2 Å². The molecule has 4 aliphatic rings. The van der Waals surface area contributed by atoms with E-state index in [2.05, 4.69) is 0 Å². The molecule has 0 saturated carbocycles. The van der Waals surface area contributed by atoms with Gasteiger partial charge < -0.3 is 4.74 Å². The van der Waals surface area contributed by atoms with Crippen molar-refractivity contribution in [2.75, 3.05) is 6.54 Å². The Kier molecular flexibility index (Phi) is 7.03.